The molecular formula is C16H26ClN3O3S2. The van der Waals surface area contributed by atoms with E-state index in [0.29, 0.717) is 30.5 Å². The second kappa shape index (κ2) is 7.92. The smallest absolute Gasteiger partial charge is 0.252 e. The molecule has 1 N–H and O–H groups in total. The molecule has 1 amide bonds. The predicted molar refractivity (Wildman–Crippen MR) is 102 cm³/mol. The third-order valence-electron chi connectivity index (χ3n) is 4.69. The number of piperazine rings is 1. The molecule has 0 aromatic carbocycles. The van der Waals surface area contributed by atoms with Gasteiger partial charge < -0.3 is 5.32 Å². The van der Waals surface area contributed by atoms with Gasteiger partial charge in [-0.3, -0.25) is 9.69 Å². The quantitative estimate of drug-likeness (QED) is 0.786. The molecular weight excluding hydrogens is 382 g/mol. The van der Waals surface area contributed by atoms with Crippen LogP contribution in [0.2, 0.25) is 4.34 Å². The first-order valence-corrected chi connectivity index (χ1v) is 11.0. The van der Waals surface area contributed by atoms with Crippen LogP contribution in [0.1, 0.15) is 34.1 Å². The van der Waals surface area contributed by atoms with Crippen LogP contribution in [0.5, 0.6) is 0 Å². The van der Waals surface area contributed by atoms with E-state index < -0.39 is 10.0 Å². The highest BCUT2D eigenvalue weighted by atomic mass is 35.5. The SMILES string of the molecule is CCC(C)(C)NC(=O)C(C)N1CCN(S(=O)(=O)c2ccc(Cl)s2)CC1. The summed E-state index contributed by atoms with van der Waals surface area (Å²) in [6.45, 7) is 9.68. The molecule has 142 valence electrons. The number of hydrogen-bond acceptors (Lipinski definition) is 5. The Kier molecular flexibility index (Phi) is 6.54. The van der Waals surface area contributed by atoms with Gasteiger partial charge >= 0.3 is 0 Å². The first kappa shape index (κ1) is 20.6. The molecule has 9 heteroatoms. The van der Waals surface area contributed by atoms with Gasteiger partial charge in [-0.25, -0.2) is 8.42 Å². The van der Waals surface area contributed by atoms with Crippen molar-refractivity contribution in [3.8, 4) is 0 Å². The molecule has 1 fully saturated rings. The third kappa shape index (κ3) is 4.95. The molecule has 1 unspecified atom stereocenters. The van der Waals surface area contributed by atoms with Crippen molar-refractivity contribution in [2.24, 2.45) is 0 Å². The summed E-state index contributed by atoms with van der Waals surface area (Å²) in [5.41, 5.74) is -0.241. The van der Waals surface area contributed by atoms with Crippen molar-refractivity contribution >= 4 is 38.9 Å². The summed E-state index contributed by atoms with van der Waals surface area (Å²) in [4.78, 5) is 14.4. The monoisotopic (exact) mass is 407 g/mol. The van der Waals surface area contributed by atoms with Gasteiger partial charge in [0.2, 0.25) is 5.91 Å². The molecule has 1 aromatic heterocycles. The first-order chi connectivity index (χ1) is 11.6. The summed E-state index contributed by atoms with van der Waals surface area (Å²) in [6, 6.07) is 2.85. The lowest BCUT2D eigenvalue weighted by molar-refractivity contribution is -0.128. The summed E-state index contributed by atoms with van der Waals surface area (Å²) < 4.78 is 27.4. The minimum Gasteiger partial charge on any atom is -0.350 e. The lowest BCUT2D eigenvalue weighted by atomic mass is 10.0. The minimum atomic E-state index is -3.50. The number of amides is 1. The lowest BCUT2D eigenvalue weighted by Gasteiger charge is -2.37. The van der Waals surface area contributed by atoms with E-state index in [0.717, 1.165) is 17.8 Å². The maximum Gasteiger partial charge on any atom is 0.252 e. The Bertz CT molecular complexity index is 710. The summed E-state index contributed by atoms with van der Waals surface area (Å²) in [5.74, 6) is -0.0202. The zero-order chi connectivity index (χ0) is 18.8. The van der Waals surface area contributed by atoms with Crippen LogP contribution < -0.4 is 5.32 Å². The van der Waals surface area contributed by atoms with Crippen molar-refractivity contribution in [2.75, 3.05) is 26.2 Å². The highest BCUT2D eigenvalue weighted by molar-refractivity contribution is 7.91. The summed E-state index contributed by atoms with van der Waals surface area (Å²) >= 11 is 6.92. The number of carbonyl (C=O) groups excluding carboxylic acids is 1. The molecule has 2 rings (SSSR count). The third-order valence-corrected chi connectivity index (χ3v) is 8.29. The van der Waals surface area contributed by atoms with Crippen molar-refractivity contribution < 1.29 is 13.2 Å². The number of rotatable bonds is 6. The molecule has 1 aliphatic rings. The highest BCUT2D eigenvalue weighted by Crippen LogP contribution is 2.28. The van der Waals surface area contributed by atoms with E-state index in [2.05, 4.69) is 5.32 Å². The van der Waals surface area contributed by atoms with Crippen molar-refractivity contribution in [1.82, 2.24) is 14.5 Å². The molecule has 0 saturated carbocycles. The van der Waals surface area contributed by atoms with Gasteiger partial charge in [-0.05, 0) is 39.3 Å². The summed E-state index contributed by atoms with van der Waals surface area (Å²) in [7, 11) is -3.50. The molecule has 1 atom stereocenters. The van der Waals surface area contributed by atoms with Crippen LogP contribution in [-0.2, 0) is 14.8 Å². The number of nitrogens with zero attached hydrogens (tertiary/aromatic N) is 2. The van der Waals surface area contributed by atoms with Crippen LogP contribution >= 0.6 is 22.9 Å². The second-order valence-corrected chi connectivity index (χ2v) is 10.8. The Hall–Kier alpha value is -0.670. The Morgan fingerprint density at radius 2 is 1.92 bits per heavy atom. The Labute approximate surface area is 159 Å². The van der Waals surface area contributed by atoms with E-state index in [9.17, 15) is 13.2 Å². The Morgan fingerprint density at radius 1 is 1.32 bits per heavy atom. The number of carbonyl (C=O) groups is 1. The van der Waals surface area contributed by atoms with Gasteiger partial charge in [0.05, 0.1) is 10.4 Å². The number of hydrogen-bond donors (Lipinski definition) is 1. The number of thiophene rings is 1. The first-order valence-electron chi connectivity index (χ1n) is 8.38. The van der Waals surface area contributed by atoms with E-state index in [1.54, 1.807) is 6.07 Å². The zero-order valence-electron chi connectivity index (χ0n) is 15.1. The molecule has 1 saturated heterocycles. The van der Waals surface area contributed by atoms with Crippen molar-refractivity contribution in [3.63, 3.8) is 0 Å². The fourth-order valence-corrected chi connectivity index (χ4v) is 5.65. The Balaban J connectivity index is 1.96. The van der Waals surface area contributed by atoms with Crippen LogP contribution in [0.15, 0.2) is 16.3 Å². The topological polar surface area (TPSA) is 69.7 Å². The molecule has 6 nitrogen and oxygen atoms in total. The van der Waals surface area contributed by atoms with Crippen LogP contribution in [0.4, 0.5) is 0 Å². The van der Waals surface area contributed by atoms with Gasteiger partial charge in [-0.2, -0.15) is 4.31 Å². The van der Waals surface area contributed by atoms with Gasteiger partial charge in [0.25, 0.3) is 10.0 Å². The van der Waals surface area contributed by atoms with Crippen LogP contribution in [0.25, 0.3) is 0 Å². The highest BCUT2D eigenvalue weighted by Gasteiger charge is 2.33. The van der Waals surface area contributed by atoms with Gasteiger partial charge in [-0.1, -0.05) is 18.5 Å². The average molecular weight is 408 g/mol. The number of nitrogens with one attached hydrogen (secondary N) is 1. The van der Waals surface area contributed by atoms with Gasteiger partial charge in [-0.15, -0.1) is 11.3 Å². The van der Waals surface area contributed by atoms with Gasteiger partial charge in [0, 0.05) is 31.7 Å². The maximum atomic E-state index is 12.6. The summed E-state index contributed by atoms with van der Waals surface area (Å²) in [6.07, 6.45) is 0.848. The lowest BCUT2D eigenvalue weighted by Crippen LogP contribution is -2.57. The van der Waals surface area contributed by atoms with Crippen molar-refractivity contribution in [3.05, 3.63) is 16.5 Å². The molecule has 0 spiro atoms. The minimum absolute atomic E-state index is 0.0202. The average Bonchev–Trinajstić information content (AvgIpc) is 3.01. The van der Waals surface area contributed by atoms with Crippen LogP contribution in [0, 0.1) is 0 Å². The molecule has 25 heavy (non-hydrogen) atoms. The maximum absolute atomic E-state index is 12.6. The number of sulfonamides is 1. The van der Waals surface area contributed by atoms with Crippen LogP contribution in [0.3, 0.4) is 0 Å². The molecule has 0 aliphatic carbocycles. The largest absolute Gasteiger partial charge is 0.350 e. The van der Waals surface area contributed by atoms with Gasteiger partial charge in [0.15, 0.2) is 0 Å². The van der Waals surface area contributed by atoms with Crippen LogP contribution in [-0.4, -0.2) is 61.3 Å². The predicted octanol–water partition coefficient (Wildman–Crippen LogP) is 2.40. The summed E-state index contributed by atoms with van der Waals surface area (Å²) in [5, 5.41) is 3.05. The van der Waals surface area contributed by atoms with E-state index in [1.165, 1.54) is 10.4 Å². The van der Waals surface area contributed by atoms with E-state index in [1.807, 2.05) is 32.6 Å². The molecule has 1 aliphatic heterocycles. The molecule has 0 radical (unpaired) electrons. The van der Waals surface area contributed by atoms with Crippen molar-refractivity contribution in [1.29, 1.82) is 0 Å². The second-order valence-electron chi connectivity index (χ2n) is 6.90. The fourth-order valence-electron chi connectivity index (χ4n) is 2.59. The molecule has 2 heterocycles. The van der Waals surface area contributed by atoms with E-state index in [-0.39, 0.29) is 21.7 Å². The molecule has 1 aromatic rings. The van der Waals surface area contributed by atoms with E-state index >= 15 is 0 Å². The molecule has 0 bridgehead atoms. The number of halogens is 1. The standard InChI is InChI=1S/C16H26ClN3O3S2/c1-5-16(3,4)18-15(21)12(2)19-8-10-20(11-9-19)25(22,23)14-7-6-13(17)24-14/h6-7,12H,5,8-11H2,1-4H3,(H,18,21). The normalized spacial score (nSPS) is 18.9. The van der Waals surface area contributed by atoms with Gasteiger partial charge in [0.1, 0.15) is 4.21 Å². The van der Waals surface area contributed by atoms with Crippen molar-refractivity contribution in [2.45, 2.75) is 49.9 Å². The Morgan fingerprint density at radius 3 is 2.40 bits per heavy atom. The zero-order valence-corrected chi connectivity index (χ0v) is 17.5. The van der Waals surface area contributed by atoms with E-state index in [4.69, 9.17) is 11.6 Å². The fraction of sp³-hybridized carbons (Fsp3) is 0.688.